The molecule has 3 heteroatoms. The highest BCUT2D eigenvalue weighted by molar-refractivity contribution is 5.98. The van der Waals surface area contributed by atoms with Crippen LogP contribution in [0.2, 0.25) is 0 Å². The van der Waals surface area contributed by atoms with Crippen LogP contribution >= 0.6 is 0 Å². The molecule has 15 heavy (non-hydrogen) atoms. The Balaban J connectivity index is 2.01. The number of ketones is 1. The van der Waals surface area contributed by atoms with Crippen molar-refractivity contribution in [2.75, 3.05) is 6.61 Å². The van der Waals surface area contributed by atoms with Gasteiger partial charge in [0.15, 0.2) is 5.78 Å². The van der Waals surface area contributed by atoms with Gasteiger partial charge in [-0.15, -0.1) is 0 Å². The molecule has 3 nitrogen and oxygen atoms in total. The van der Waals surface area contributed by atoms with Crippen LogP contribution in [0.5, 0.6) is 0 Å². The summed E-state index contributed by atoms with van der Waals surface area (Å²) < 4.78 is 4.81. The first-order chi connectivity index (χ1) is 7.27. The number of carbonyl (C=O) groups excluding carboxylic acids is 2. The third kappa shape index (κ3) is 2.24. The number of ether oxygens (including phenoxy) is 1. The predicted octanol–water partition coefficient (Wildman–Crippen LogP) is 1.82. The van der Waals surface area contributed by atoms with Gasteiger partial charge in [-0.3, -0.25) is 9.59 Å². The number of benzene rings is 1. The van der Waals surface area contributed by atoms with Gasteiger partial charge in [0.25, 0.3) is 0 Å². The van der Waals surface area contributed by atoms with Crippen LogP contribution in [-0.2, 0) is 9.53 Å². The number of rotatable bonds is 3. The zero-order valence-corrected chi connectivity index (χ0v) is 8.31. The minimum atomic E-state index is -0.238. The number of carbonyl (C=O) groups is 2. The SMILES string of the molecule is O=C(CC1CCOC1=O)c1ccccc1. The zero-order valence-electron chi connectivity index (χ0n) is 8.31. The van der Waals surface area contributed by atoms with E-state index in [4.69, 9.17) is 4.74 Å². The Labute approximate surface area is 88.1 Å². The van der Waals surface area contributed by atoms with Crippen LogP contribution in [0.1, 0.15) is 23.2 Å². The summed E-state index contributed by atoms with van der Waals surface area (Å²) in [7, 11) is 0. The van der Waals surface area contributed by atoms with Gasteiger partial charge in [-0.2, -0.15) is 0 Å². The van der Waals surface area contributed by atoms with Gasteiger partial charge in [-0.1, -0.05) is 30.3 Å². The Hall–Kier alpha value is -1.64. The molecule has 0 amide bonds. The fourth-order valence-electron chi connectivity index (χ4n) is 1.69. The van der Waals surface area contributed by atoms with Gasteiger partial charge >= 0.3 is 5.97 Å². The number of hydrogen-bond donors (Lipinski definition) is 0. The van der Waals surface area contributed by atoms with E-state index in [0.29, 0.717) is 18.6 Å². The lowest BCUT2D eigenvalue weighted by molar-refractivity contribution is -0.141. The Morgan fingerprint density at radius 3 is 2.67 bits per heavy atom. The average molecular weight is 204 g/mol. The first-order valence-corrected chi connectivity index (χ1v) is 5.02. The molecule has 0 aliphatic carbocycles. The van der Waals surface area contributed by atoms with Crippen LogP contribution in [0.25, 0.3) is 0 Å². The number of esters is 1. The number of hydrogen-bond acceptors (Lipinski definition) is 3. The Morgan fingerprint density at radius 1 is 1.33 bits per heavy atom. The fraction of sp³-hybridized carbons (Fsp3) is 0.333. The summed E-state index contributed by atoms with van der Waals surface area (Å²) in [5.74, 6) is -0.462. The van der Waals surface area contributed by atoms with E-state index in [2.05, 4.69) is 0 Å². The first kappa shape index (κ1) is 9.90. The lowest BCUT2D eigenvalue weighted by Gasteiger charge is -2.04. The van der Waals surface area contributed by atoms with E-state index >= 15 is 0 Å². The maximum Gasteiger partial charge on any atom is 0.309 e. The van der Waals surface area contributed by atoms with Crippen LogP contribution in [0.3, 0.4) is 0 Å². The molecule has 1 aromatic rings. The summed E-state index contributed by atoms with van der Waals surface area (Å²) in [6.45, 7) is 0.450. The van der Waals surface area contributed by atoms with E-state index in [0.717, 1.165) is 0 Å². The number of cyclic esters (lactones) is 1. The molecule has 2 rings (SSSR count). The quantitative estimate of drug-likeness (QED) is 0.557. The summed E-state index contributed by atoms with van der Waals surface area (Å²) in [6.07, 6.45) is 0.931. The smallest absolute Gasteiger partial charge is 0.309 e. The minimum absolute atomic E-state index is 0.0134. The standard InChI is InChI=1S/C12H12O3/c13-11(9-4-2-1-3-5-9)8-10-6-7-15-12(10)14/h1-5,10H,6-8H2. The fourth-order valence-corrected chi connectivity index (χ4v) is 1.69. The van der Waals surface area contributed by atoms with Crippen molar-refractivity contribution in [1.82, 2.24) is 0 Å². The molecule has 0 spiro atoms. The molecule has 0 N–H and O–H groups in total. The zero-order chi connectivity index (χ0) is 10.7. The van der Waals surface area contributed by atoms with Crippen LogP contribution in [0, 0.1) is 5.92 Å². The van der Waals surface area contributed by atoms with Gasteiger partial charge in [0.05, 0.1) is 12.5 Å². The van der Waals surface area contributed by atoms with Crippen LogP contribution in [-0.4, -0.2) is 18.4 Å². The van der Waals surface area contributed by atoms with E-state index in [1.807, 2.05) is 18.2 Å². The lowest BCUT2D eigenvalue weighted by atomic mass is 9.97. The summed E-state index contributed by atoms with van der Waals surface area (Å²) in [6, 6.07) is 9.03. The first-order valence-electron chi connectivity index (χ1n) is 5.02. The molecule has 1 aliphatic heterocycles. The Kier molecular flexibility index (Phi) is 2.81. The van der Waals surface area contributed by atoms with E-state index in [1.165, 1.54) is 0 Å². The van der Waals surface area contributed by atoms with Crippen molar-refractivity contribution < 1.29 is 14.3 Å². The third-order valence-electron chi connectivity index (χ3n) is 2.57. The summed E-state index contributed by atoms with van der Waals surface area (Å²) in [5.41, 5.74) is 0.664. The van der Waals surface area contributed by atoms with Gasteiger partial charge in [-0.05, 0) is 6.42 Å². The second-order valence-corrected chi connectivity index (χ2v) is 3.65. The van der Waals surface area contributed by atoms with E-state index in [-0.39, 0.29) is 24.1 Å². The molecule has 1 aromatic carbocycles. The lowest BCUT2D eigenvalue weighted by Crippen LogP contribution is -2.13. The maximum atomic E-state index is 11.7. The molecule has 0 radical (unpaired) electrons. The molecule has 1 fully saturated rings. The Morgan fingerprint density at radius 2 is 2.07 bits per heavy atom. The topological polar surface area (TPSA) is 43.4 Å². The van der Waals surface area contributed by atoms with Crippen molar-refractivity contribution in [1.29, 1.82) is 0 Å². The summed E-state index contributed by atoms with van der Waals surface area (Å²) in [5, 5.41) is 0. The molecule has 1 aliphatic rings. The molecular formula is C12H12O3. The van der Waals surface area contributed by atoms with E-state index < -0.39 is 0 Å². The molecule has 1 heterocycles. The van der Waals surface area contributed by atoms with E-state index in [9.17, 15) is 9.59 Å². The Bertz CT molecular complexity index is 370. The molecule has 1 atom stereocenters. The van der Waals surface area contributed by atoms with Gasteiger partial charge in [-0.25, -0.2) is 0 Å². The second kappa shape index (κ2) is 4.26. The maximum absolute atomic E-state index is 11.7. The highest BCUT2D eigenvalue weighted by Crippen LogP contribution is 2.20. The van der Waals surface area contributed by atoms with Gasteiger partial charge < -0.3 is 4.74 Å². The van der Waals surface area contributed by atoms with Crippen LogP contribution in [0.4, 0.5) is 0 Å². The van der Waals surface area contributed by atoms with Crippen molar-refractivity contribution in [2.24, 2.45) is 5.92 Å². The monoisotopic (exact) mass is 204 g/mol. The highest BCUT2D eigenvalue weighted by atomic mass is 16.5. The largest absolute Gasteiger partial charge is 0.465 e. The van der Waals surface area contributed by atoms with Gasteiger partial charge in [0.2, 0.25) is 0 Å². The van der Waals surface area contributed by atoms with Gasteiger partial charge in [0, 0.05) is 12.0 Å². The van der Waals surface area contributed by atoms with E-state index in [1.54, 1.807) is 12.1 Å². The average Bonchev–Trinajstić information content (AvgIpc) is 2.66. The summed E-state index contributed by atoms with van der Waals surface area (Å²) in [4.78, 5) is 22.9. The minimum Gasteiger partial charge on any atom is -0.465 e. The van der Waals surface area contributed by atoms with Crippen LogP contribution in [0.15, 0.2) is 30.3 Å². The normalized spacial score (nSPS) is 20.0. The van der Waals surface area contributed by atoms with Crippen molar-refractivity contribution in [3.05, 3.63) is 35.9 Å². The van der Waals surface area contributed by atoms with Crippen molar-refractivity contribution in [2.45, 2.75) is 12.8 Å². The van der Waals surface area contributed by atoms with Crippen molar-refractivity contribution in [3.8, 4) is 0 Å². The molecule has 0 saturated carbocycles. The van der Waals surface area contributed by atoms with Gasteiger partial charge in [0.1, 0.15) is 0 Å². The van der Waals surface area contributed by atoms with Crippen LogP contribution < -0.4 is 0 Å². The van der Waals surface area contributed by atoms with Crippen molar-refractivity contribution in [3.63, 3.8) is 0 Å². The molecule has 0 bridgehead atoms. The molecule has 1 saturated heterocycles. The van der Waals surface area contributed by atoms with Crippen molar-refractivity contribution >= 4 is 11.8 Å². The molecular weight excluding hydrogens is 192 g/mol. The summed E-state index contributed by atoms with van der Waals surface area (Å²) >= 11 is 0. The third-order valence-corrected chi connectivity index (χ3v) is 2.57. The highest BCUT2D eigenvalue weighted by Gasteiger charge is 2.28. The molecule has 78 valence electrons. The number of Topliss-reactive ketones (excluding diaryl/α,β-unsaturated/α-hetero) is 1. The molecule has 0 aromatic heterocycles. The predicted molar refractivity (Wildman–Crippen MR) is 54.5 cm³/mol. The second-order valence-electron chi connectivity index (χ2n) is 3.65. The molecule has 1 unspecified atom stereocenters.